The maximum atomic E-state index is 13.2. The average molecular weight is 638 g/mol. The molecule has 0 aliphatic carbocycles. The van der Waals surface area contributed by atoms with E-state index in [0.29, 0.717) is 31.1 Å². The number of halogens is 6. The molecule has 45 heavy (non-hydrogen) atoms. The second-order valence-corrected chi connectivity index (χ2v) is 11.0. The van der Waals surface area contributed by atoms with Crippen molar-refractivity contribution in [3.63, 3.8) is 0 Å². The number of hydrogen-bond donors (Lipinski definition) is 4. The number of aliphatic hydroxyl groups excluding tert-OH is 1. The Morgan fingerprint density at radius 2 is 1.82 bits per heavy atom. The lowest BCUT2D eigenvalue weighted by Crippen LogP contribution is -2.39. The number of hydrogen-bond acceptors (Lipinski definition) is 7. The molecule has 244 valence electrons. The van der Waals surface area contributed by atoms with Crippen molar-refractivity contribution in [3.8, 4) is 5.75 Å². The number of aliphatic hydroxyl groups is 1. The van der Waals surface area contributed by atoms with Crippen molar-refractivity contribution >= 4 is 27.5 Å². The topological polar surface area (TPSA) is 105 Å². The van der Waals surface area contributed by atoms with Gasteiger partial charge >= 0.3 is 12.4 Å². The highest BCUT2D eigenvalue weighted by Crippen LogP contribution is 2.40. The molecule has 13 heteroatoms. The van der Waals surface area contributed by atoms with Gasteiger partial charge in [-0.25, -0.2) is 4.98 Å². The van der Waals surface area contributed by atoms with E-state index in [9.17, 15) is 31.4 Å². The fourth-order valence-corrected chi connectivity index (χ4v) is 5.41. The number of benzene rings is 2. The van der Waals surface area contributed by atoms with Gasteiger partial charge in [0.2, 0.25) is 0 Å². The van der Waals surface area contributed by atoms with E-state index in [-0.39, 0.29) is 10.9 Å². The first-order valence-electron chi connectivity index (χ1n) is 14.7. The van der Waals surface area contributed by atoms with E-state index in [4.69, 9.17) is 10.5 Å². The SMILES string of the molecule is COc1cc(NC(C)CCCN)c2ncccc2c1.O[C@@H](c1cc(C(F)(F)F)nc2c(C(F)(F)F)cccc12)[C@H]1CCCCN1. The van der Waals surface area contributed by atoms with E-state index < -0.39 is 41.3 Å². The van der Waals surface area contributed by atoms with Crippen LogP contribution in [0.5, 0.6) is 5.75 Å². The van der Waals surface area contributed by atoms with E-state index >= 15 is 0 Å². The molecule has 0 bridgehead atoms. The molecule has 5 N–H and O–H groups in total. The maximum Gasteiger partial charge on any atom is 0.433 e. The summed E-state index contributed by atoms with van der Waals surface area (Å²) >= 11 is 0. The van der Waals surface area contributed by atoms with Crippen LogP contribution >= 0.6 is 0 Å². The van der Waals surface area contributed by atoms with Gasteiger partial charge in [-0.3, -0.25) is 4.98 Å². The highest BCUT2D eigenvalue weighted by atomic mass is 19.4. The molecule has 1 aliphatic heterocycles. The lowest BCUT2D eigenvalue weighted by molar-refractivity contribution is -0.142. The number of anilines is 1. The zero-order chi connectivity index (χ0) is 32.8. The number of nitrogens with zero attached hydrogens (tertiary/aromatic N) is 2. The van der Waals surface area contributed by atoms with E-state index in [1.165, 1.54) is 6.07 Å². The van der Waals surface area contributed by atoms with Crippen molar-refractivity contribution in [2.24, 2.45) is 5.73 Å². The third-order valence-corrected chi connectivity index (χ3v) is 7.67. The van der Waals surface area contributed by atoms with Gasteiger partial charge < -0.3 is 26.2 Å². The molecule has 3 atom stereocenters. The second-order valence-electron chi connectivity index (χ2n) is 11.0. The van der Waals surface area contributed by atoms with Crippen molar-refractivity contribution in [3.05, 3.63) is 71.5 Å². The van der Waals surface area contributed by atoms with Crippen molar-refractivity contribution in [1.82, 2.24) is 15.3 Å². The number of rotatable bonds is 8. The lowest BCUT2D eigenvalue weighted by atomic mass is 9.91. The molecular weight excluding hydrogens is 600 g/mol. The molecule has 1 fully saturated rings. The highest BCUT2D eigenvalue weighted by Gasteiger charge is 2.38. The molecule has 0 radical (unpaired) electrons. The zero-order valence-electron chi connectivity index (χ0n) is 25.0. The number of alkyl halides is 6. The summed E-state index contributed by atoms with van der Waals surface area (Å²) in [5, 5.41) is 18.0. The van der Waals surface area contributed by atoms with Gasteiger partial charge in [-0.1, -0.05) is 24.6 Å². The highest BCUT2D eigenvalue weighted by molar-refractivity contribution is 5.92. The zero-order valence-corrected chi connectivity index (χ0v) is 25.0. The van der Waals surface area contributed by atoms with Crippen LogP contribution in [-0.4, -0.2) is 47.4 Å². The minimum atomic E-state index is -4.93. The summed E-state index contributed by atoms with van der Waals surface area (Å²) in [6.45, 7) is 3.47. The summed E-state index contributed by atoms with van der Waals surface area (Å²) in [6, 6.07) is 11.5. The third-order valence-electron chi connectivity index (χ3n) is 7.67. The third kappa shape index (κ3) is 8.53. The molecule has 5 rings (SSSR count). The predicted molar refractivity (Wildman–Crippen MR) is 162 cm³/mol. The number of piperidine rings is 1. The molecule has 3 heterocycles. The molecule has 7 nitrogen and oxygen atoms in total. The monoisotopic (exact) mass is 637 g/mol. The van der Waals surface area contributed by atoms with Crippen LogP contribution in [0.25, 0.3) is 21.8 Å². The molecule has 1 saturated heterocycles. The molecule has 1 aliphatic rings. The predicted octanol–water partition coefficient (Wildman–Crippen LogP) is 7.23. The minimum Gasteiger partial charge on any atom is -0.497 e. The average Bonchev–Trinajstić information content (AvgIpc) is 3.02. The van der Waals surface area contributed by atoms with Crippen LogP contribution < -0.4 is 21.1 Å². The Balaban J connectivity index is 0.000000215. The Hall–Kier alpha value is -3.68. The number of nitrogens with one attached hydrogen (secondary N) is 2. The number of nitrogens with two attached hydrogens (primary N) is 1. The Morgan fingerprint density at radius 3 is 2.47 bits per heavy atom. The van der Waals surface area contributed by atoms with E-state index in [2.05, 4.69) is 27.5 Å². The number of methoxy groups -OCH3 is 1. The van der Waals surface area contributed by atoms with Crippen molar-refractivity contribution in [1.29, 1.82) is 0 Å². The molecular formula is C32H37F6N5O2. The van der Waals surface area contributed by atoms with Gasteiger partial charge in [0.05, 0.1) is 35.5 Å². The first-order chi connectivity index (χ1) is 21.3. The number of aromatic nitrogens is 2. The van der Waals surface area contributed by atoms with Gasteiger partial charge in [-0.15, -0.1) is 0 Å². The summed E-state index contributed by atoms with van der Waals surface area (Å²) in [5.74, 6) is 0.842. The lowest BCUT2D eigenvalue weighted by Gasteiger charge is -2.29. The number of para-hydroxylation sites is 1. The number of ether oxygens (including phenoxy) is 1. The summed E-state index contributed by atoms with van der Waals surface area (Å²) in [6.07, 6.45) is -5.13. The largest absolute Gasteiger partial charge is 0.497 e. The molecule has 2 aromatic carbocycles. The Labute approximate surface area is 257 Å². The molecule has 0 saturated carbocycles. The van der Waals surface area contributed by atoms with Gasteiger partial charge in [0.1, 0.15) is 11.4 Å². The molecule has 1 unspecified atom stereocenters. The fourth-order valence-electron chi connectivity index (χ4n) is 5.41. The van der Waals surface area contributed by atoms with Crippen LogP contribution in [0.1, 0.15) is 62.0 Å². The van der Waals surface area contributed by atoms with E-state index in [1.54, 1.807) is 7.11 Å². The number of fused-ring (bicyclic) bond motifs is 2. The van der Waals surface area contributed by atoms with Crippen molar-refractivity contribution in [2.45, 2.75) is 69.6 Å². The van der Waals surface area contributed by atoms with Gasteiger partial charge in [0.25, 0.3) is 0 Å². The van der Waals surface area contributed by atoms with Crippen LogP contribution in [-0.2, 0) is 12.4 Å². The van der Waals surface area contributed by atoms with Gasteiger partial charge in [0.15, 0.2) is 0 Å². The van der Waals surface area contributed by atoms with Crippen LogP contribution in [0.3, 0.4) is 0 Å². The van der Waals surface area contributed by atoms with Crippen LogP contribution in [0.2, 0.25) is 0 Å². The fraction of sp³-hybridized carbons (Fsp3) is 0.438. The van der Waals surface area contributed by atoms with E-state index in [0.717, 1.165) is 60.6 Å². The van der Waals surface area contributed by atoms with Gasteiger partial charge in [-0.2, -0.15) is 26.3 Å². The van der Waals surface area contributed by atoms with Crippen LogP contribution in [0.15, 0.2) is 54.7 Å². The standard InChI is InChI=1S/C17H16F6N2O.C15H21N3O/c18-16(19,20)11-5-3-4-9-10(15(26)12-6-1-2-7-24-12)8-13(17(21,22)23)25-14(9)11;1-11(5-3-7-16)18-14-10-13(19-2)9-12-6-4-8-17-15(12)14/h3-5,8,12,15,24,26H,1-2,6-7H2;4,6,8-11,18H,3,5,7,16H2,1-2H3/t12-,15+;/m1./s1. The normalized spacial score (nSPS) is 17.0. The Kier molecular flexibility index (Phi) is 11.1. The Morgan fingerprint density at radius 1 is 1.04 bits per heavy atom. The summed E-state index contributed by atoms with van der Waals surface area (Å²) in [5.41, 5.74) is 3.82. The van der Waals surface area contributed by atoms with E-state index in [1.807, 2.05) is 30.5 Å². The maximum absolute atomic E-state index is 13.2. The summed E-state index contributed by atoms with van der Waals surface area (Å²) < 4.78 is 84.6. The first kappa shape index (κ1) is 34.2. The van der Waals surface area contributed by atoms with Crippen LogP contribution in [0.4, 0.5) is 32.0 Å². The quantitative estimate of drug-likeness (QED) is 0.151. The molecule has 4 aromatic rings. The van der Waals surface area contributed by atoms with Crippen LogP contribution in [0, 0.1) is 0 Å². The van der Waals surface area contributed by atoms with Crippen molar-refractivity contribution < 1.29 is 36.2 Å². The van der Waals surface area contributed by atoms with Gasteiger partial charge in [-0.05, 0) is 75.5 Å². The second kappa shape index (κ2) is 14.6. The van der Waals surface area contributed by atoms with Crippen molar-refractivity contribution in [2.75, 3.05) is 25.5 Å². The summed E-state index contributed by atoms with van der Waals surface area (Å²) in [4.78, 5) is 7.67. The Bertz CT molecular complexity index is 1570. The molecule has 0 amide bonds. The first-order valence-corrected chi connectivity index (χ1v) is 14.7. The molecule has 0 spiro atoms. The minimum absolute atomic E-state index is 0.132. The smallest absolute Gasteiger partial charge is 0.433 e. The molecule has 2 aromatic heterocycles. The van der Waals surface area contributed by atoms with Gasteiger partial charge in [0, 0.05) is 35.1 Å². The number of pyridine rings is 2. The summed E-state index contributed by atoms with van der Waals surface area (Å²) in [7, 11) is 1.68.